The highest BCUT2D eigenvalue weighted by Gasteiger charge is 2.18. The zero-order chi connectivity index (χ0) is 14.8. The van der Waals surface area contributed by atoms with Crippen molar-refractivity contribution in [2.75, 3.05) is 51.7 Å². The van der Waals surface area contributed by atoms with Crippen LogP contribution in [-0.2, 0) is 14.8 Å². The van der Waals surface area contributed by atoms with Crippen molar-refractivity contribution < 1.29 is 13.2 Å². The molecule has 0 bridgehead atoms. The number of ether oxygens (including phenoxy) is 1. The predicted octanol–water partition coefficient (Wildman–Crippen LogP) is 0.0162. The molecule has 6 nitrogen and oxygen atoms in total. The van der Waals surface area contributed by atoms with E-state index >= 15 is 0 Å². The summed E-state index contributed by atoms with van der Waals surface area (Å²) in [6.07, 6.45) is 1.72. The molecule has 0 amide bonds. The van der Waals surface area contributed by atoms with E-state index in [1.165, 1.54) is 0 Å². The van der Waals surface area contributed by atoms with Crippen LogP contribution >= 0.6 is 0 Å². The van der Waals surface area contributed by atoms with Gasteiger partial charge in [0.1, 0.15) is 0 Å². The molecule has 1 fully saturated rings. The fourth-order valence-electron chi connectivity index (χ4n) is 2.26. The van der Waals surface area contributed by atoms with Crippen LogP contribution < -0.4 is 10.0 Å². The largest absolute Gasteiger partial charge is 0.379 e. The lowest BCUT2D eigenvalue weighted by molar-refractivity contribution is 0.0354. The molecule has 7 heteroatoms. The van der Waals surface area contributed by atoms with Gasteiger partial charge in [-0.3, -0.25) is 4.90 Å². The Morgan fingerprint density at radius 2 is 1.95 bits per heavy atom. The average Bonchev–Trinajstić information content (AvgIpc) is 2.38. The maximum Gasteiger partial charge on any atom is 0.211 e. The van der Waals surface area contributed by atoms with Crippen LogP contribution in [0.2, 0.25) is 0 Å². The Hall–Kier alpha value is -0.210. The van der Waals surface area contributed by atoms with E-state index in [9.17, 15) is 8.42 Å². The van der Waals surface area contributed by atoms with Gasteiger partial charge in [-0.15, -0.1) is 0 Å². The summed E-state index contributed by atoms with van der Waals surface area (Å²) in [5, 5.41) is 3.21. The first-order valence-corrected chi connectivity index (χ1v) is 9.19. The Bertz CT molecular complexity index is 343. The number of sulfonamides is 1. The van der Waals surface area contributed by atoms with Gasteiger partial charge in [0.15, 0.2) is 0 Å². The standard InChI is InChI=1S/C13H29N3O3S/c1-3-5-14-6-4-11-20(17,18)15-13(2)12-16-7-9-19-10-8-16/h13-15H,3-12H2,1-2H3. The summed E-state index contributed by atoms with van der Waals surface area (Å²) in [6.45, 7) is 9.70. The SMILES string of the molecule is CCCNCCCS(=O)(=O)NC(C)CN1CCOCC1. The van der Waals surface area contributed by atoms with Crippen LogP contribution in [0.4, 0.5) is 0 Å². The van der Waals surface area contributed by atoms with E-state index in [1.54, 1.807) is 0 Å². The summed E-state index contributed by atoms with van der Waals surface area (Å²) in [4.78, 5) is 2.24. The topological polar surface area (TPSA) is 70.7 Å². The van der Waals surface area contributed by atoms with Gasteiger partial charge in [0.25, 0.3) is 0 Å². The number of morpholine rings is 1. The van der Waals surface area contributed by atoms with E-state index in [-0.39, 0.29) is 11.8 Å². The van der Waals surface area contributed by atoms with Crippen LogP contribution in [0.15, 0.2) is 0 Å². The third-order valence-corrected chi connectivity index (χ3v) is 4.80. The molecule has 1 unspecified atom stereocenters. The summed E-state index contributed by atoms with van der Waals surface area (Å²) in [5.74, 6) is 0.192. The lowest BCUT2D eigenvalue weighted by atomic mass is 10.3. The van der Waals surface area contributed by atoms with E-state index < -0.39 is 10.0 Å². The van der Waals surface area contributed by atoms with Gasteiger partial charge in [0, 0.05) is 25.7 Å². The third-order valence-electron chi connectivity index (χ3n) is 3.21. The normalized spacial score (nSPS) is 19.1. The summed E-state index contributed by atoms with van der Waals surface area (Å²) in [5.41, 5.74) is 0. The third kappa shape index (κ3) is 8.16. The van der Waals surface area contributed by atoms with Crippen molar-refractivity contribution >= 4 is 10.0 Å². The molecule has 1 aliphatic heterocycles. The van der Waals surface area contributed by atoms with Crippen molar-refractivity contribution in [3.8, 4) is 0 Å². The summed E-state index contributed by atoms with van der Waals surface area (Å²) in [6, 6.07) is -0.0540. The van der Waals surface area contributed by atoms with Gasteiger partial charge in [0.2, 0.25) is 10.0 Å². The molecule has 0 aromatic heterocycles. The zero-order valence-corrected chi connectivity index (χ0v) is 13.5. The first-order valence-electron chi connectivity index (χ1n) is 7.54. The van der Waals surface area contributed by atoms with Crippen molar-refractivity contribution in [3.63, 3.8) is 0 Å². The minimum atomic E-state index is -3.17. The van der Waals surface area contributed by atoms with Crippen LogP contribution in [0.3, 0.4) is 0 Å². The summed E-state index contributed by atoms with van der Waals surface area (Å²) >= 11 is 0. The Labute approximate surface area is 123 Å². The number of nitrogens with zero attached hydrogens (tertiary/aromatic N) is 1. The highest BCUT2D eigenvalue weighted by atomic mass is 32.2. The van der Waals surface area contributed by atoms with Crippen molar-refractivity contribution in [3.05, 3.63) is 0 Å². The van der Waals surface area contributed by atoms with Gasteiger partial charge < -0.3 is 10.1 Å². The Morgan fingerprint density at radius 1 is 1.25 bits per heavy atom. The molecule has 0 saturated carbocycles. The second kappa shape index (κ2) is 9.68. The monoisotopic (exact) mass is 307 g/mol. The number of nitrogens with one attached hydrogen (secondary N) is 2. The van der Waals surface area contributed by atoms with Crippen molar-refractivity contribution in [2.24, 2.45) is 0 Å². The Morgan fingerprint density at radius 3 is 2.60 bits per heavy atom. The van der Waals surface area contributed by atoms with Gasteiger partial charge in [-0.1, -0.05) is 6.92 Å². The highest BCUT2D eigenvalue weighted by molar-refractivity contribution is 7.89. The minimum absolute atomic E-state index is 0.0540. The molecule has 0 aliphatic carbocycles. The van der Waals surface area contributed by atoms with E-state index in [1.807, 2.05) is 6.92 Å². The molecule has 1 saturated heterocycles. The van der Waals surface area contributed by atoms with E-state index in [0.717, 1.165) is 52.4 Å². The molecule has 2 N–H and O–H groups in total. The van der Waals surface area contributed by atoms with Gasteiger partial charge in [-0.05, 0) is 32.9 Å². The smallest absolute Gasteiger partial charge is 0.211 e. The fraction of sp³-hybridized carbons (Fsp3) is 1.00. The quantitative estimate of drug-likeness (QED) is 0.557. The van der Waals surface area contributed by atoms with Gasteiger partial charge in [-0.2, -0.15) is 0 Å². The molecule has 0 spiro atoms. The van der Waals surface area contributed by atoms with Crippen LogP contribution in [-0.4, -0.2) is 71.0 Å². The molecule has 1 heterocycles. The van der Waals surface area contributed by atoms with Crippen LogP contribution in [0.25, 0.3) is 0 Å². The Kier molecular flexibility index (Phi) is 8.63. The highest BCUT2D eigenvalue weighted by Crippen LogP contribution is 2.00. The second-order valence-electron chi connectivity index (χ2n) is 5.35. The van der Waals surface area contributed by atoms with E-state index in [4.69, 9.17) is 4.74 Å². The van der Waals surface area contributed by atoms with Crippen molar-refractivity contribution in [1.82, 2.24) is 14.9 Å². The van der Waals surface area contributed by atoms with Crippen LogP contribution in [0, 0.1) is 0 Å². The molecule has 1 rings (SSSR count). The van der Waals surface area contributed by atoms with Gasteiger partial charge in [0.05, 0.1) is 19.0 Å². The summed E-state index contributed by atoms with van der Waals surface area (Å²) < 4.78 is 31.9. The maximum absolute atomic E-state index is 11.9. The number of rotatable bonds is 10. The molecule has 0 aromatic rings. The van der Waals surface area contributed by atoms with Crippen molar-refractivity contribution in [2.45, 2.75) is 32.7 Å². The van der Waals surface area contributed by atoms with Crippen LogP contribution in [0.1, 0.15) is 26.7 Å². The lowest BCUT2D eigenvalue weighted by Crippen LogP contribution is -2.46. The number of hydrogen-bond donors (Lipinski definition) is 2. The first kappa shape index (κ1) is 17.8. The molecular formula is C13H29N3O3S. The molecule has 120 valence electrons. The minimum Gasteiger partial charge on any atom is -0.379 e. The zero-order valence-electron chi connectivity index (χ0n) is 12.7. The molecule has 20 heavy (non-hydrogen) atoms. The molecular weight excluding hydrogens is 278 g/mol. The van der Waals surface area contributed by atoms with Crippen molar-refractivity contribution in [1.29, 1.82) is 0 Å². The lowest BCUT2D eigenvalue weighted by Gasteiger charge is -2.29. The predicted molar refractivity (Wildman–Crippen MR) is 81.4 cm³/mol. The number of hydrogen-bond acceptors (Lipinski definition) is 5. The second-order valence-corrected chi connectivity index (χ2v) is 7.23. The molecule has 1 aliphatic rings. The van der Waals surface area contributed by atoms with Crippen LogP contribution in [0.5, 0.6) is 0 Å². The fourth-order valence-corrected chi connectivity index (χ4v) is 3.59. The van der Waals surface area contributed by atoms with Gasteiger partial charge in [-0.25, -0.2) is 13.1 Å². The Balaban J connectivity index is 2.19. The molecule has 1 atom stereocenters. The maximum atomic E-state index is 11.9. The molecule has 0 radical (unpaired) electrons. The van der Waals surface area contributed by atoms with Gasteiger partial charge >= 0.3 is 0 Å². The van der Waals surface area contributed by atoms with E-state index in [2.05, 4.69) is 21.9 Å². The molecule has 0 aromatic carbocycles. The first-order chi connectivity index (χ1) is 9.53. The van der Waals surface area contributed by atoms with E-state index in [0.29, 0.717) is 6.42 Å². The average molecular weight is 307 g/mol. The summed E-state index contributed by atoms with van der Waals surface area (Å²) in [7, 11) is -3.17.